The van der Waals surface area contributed by atoms with Gasteiger partial charge in [0.1, 0.15) is 0 Å². The molecule has 2 unspecified atom stereocenters. The van der Waals surface area contributed by atoms with Gasteiger partial charge in [-0.3, -0.25) is 0 Å². The molecule has 1 aromatic rings. The predicted octanol–water partition coefficient (Wildman–Crippen LogP) is 4.12. The highest BCUT2D eigenvalue weighted by Gasteiger charge is 2.44. The first-order valence-electron chi connectivity index (χ1n) is 6.78. The highest BCUT2D eigenvalue weighted by atomic mass is 79.9. The first-order valence-corrected chi connectivity index (χ1v) is 8.45. The average molecular weight is 330 g/mol. The summed E-state index contributed by atoms with van der Waals surface area (Å²) in [5.74, 6) is 0.707. The average Bonchev–Trinajstić information content (AvgIpc) is 2.75. The Morgan fingerprint density at radius 3 is 2.94 bits per heavy atom. The fourth-order valence-corrected chi connectivity index (χ4v) is 5.20. The molecule has 2 aliphatic rings. The summed E-state index contributed by atoms with van der Waals surface area (Å²) in [7, 11) is 2.08. The molecule has 0 aromatic carbocycles. The Labute approximate surface area is 121 Å². The molecule has 1 saturated carbocycles. The second-order valence-corrected chi connectivity index (χ2v) is 7.34. The number of hydrogen-bond acceptors (Lipinski definition) is 3. The van der Waals surface area contributed by atoms with Gasteiger partial charge in [0, 0.05) is 22.0 Å². The van der Waals surface area contributed by atoms with Crippen LogP contribution in [0.3, 0.4) is 0 Å². The molecule has 100 valence electrons. The van der Waals surface area contributed by atoms with Crippen LogP contribution in [0.15, 0.2) is 15.9 Å². The van der Waals surface area contributed by atoms with Crippen molar-refractivity contribution in [3.8, 4) is 0 Å². The van der Waals surface area contributed by atoms with E-state index in [9.17, 15) is 0 Å². The van der Waals surface area contributed by atoms with Crippen LogP contribution >= 0.6 is 27.3 Å². The molecule has 1 N–H and O–H groups in total. The zero-order chi connectivity index (χ0) is 12.6. The van der Waals surface area contributed by atoms with E-state index in [0.717, 1.165) is 6.61 Å². The number of ether oxygens (including phenoxy) is 1. The molecule has 2 nitrogen and oxygen atoms in total. The van der Waals surface area contributed by atoms with Gasteiger partial charge < -0.3 is 10.1 Å². The SMILES string of the molecule is CNC(c1sccc1Br)C1CCOC2(CCC2)C1. The molecule has 1 spiro atoms. The summed E-state index contributed by atoms with van der Waals surface area (Å²) in [4.78, 5) is 1.44. The normalized spacial score (nSPS) is 28.0. The Morgan fingerprint density at radius 2 is 2.39 bits per heavy atom. The summed E-state index contributed by atoms with van der Waals surface area (Å²) in [5, 5.41) is 5.69. The van der Waals surface area contributed by atoms with Crippen LogP contribution in [0.4, 0.5) is 0 Å². The quantitative estimate of drug-likeness (QED) is 0.900. The van der Waals surface area contributed by atoms with E-state index in [1.807, 2.05) is 11.3 Å². The van der Waals surface area contributed by atoms with Crippen LogP contribution in [0.5, 0.6) is 0 Å². The van der Waals surface area contributed by atoms with E-state index < -0.39 is 0 Å². The lowest BCUT2D eigenvalue weighted by atomic mass is 9.70. The van der Waals surface area contributed by atoms with Gasteiger partial charge in [-0.1, -0.05) is 0 Å². The van der Waals surface area contributed by atoms with E-state index in [2.05, 4.69) is 39.7 Å². The van der Waals surface area contributed by atoms with Gasteiger partial charge >= 0.3 is 0 Å². The van der Waals surface area contributed by atoms with Crippen molar-refractivity contribution < 1.29 is 4.74 Å². The molecule has 2 fully saturated rings. The van der Waals surface area contributed by atoms with Gasteiger partial charge in [-0.25, -0.2) is 0 Å². The minimum absolute atomic E-state index is 0.238. The topological polar surface area (TPSA) is 21.3 Å². The van der Waals surface area contributed by atoms with Crippen LogP contribution in [0.1, 0.15) is 43.0 Å². The Morgan fingerprint density at radius 1 is 1.56 bits per heavy atom. The maximum Gasteiger partial charge on any atom is 0.0686 e. The minimum atomic E-state index is 0.238. The zero-order valence-electron chi connectivity index (χ0n) is 10.7. The third kappa shape index (κ3) is 2.28. The molecule has 1 aromatic heterocycles. The van der Waals surface area contributed by atoms with Gasteiger partial charge in [-0.05, 0) is 72.4 Å². The van der Waals surface area contributed by atoms with Gasteiger partial charge in [0.15, 0.2) is 0 Å². The number of hydrogen-bond donors (Lipinski definition) is 1. The molecule has 0 bridgehead atoms. The summed E-state index contributed by atoms with van der Waals surface area (Å²) in [6.45, 7) is 0.936. The summed E-state index contributed by atoms with van der Waals surface area (Å²) in [5.41, 5.74) is 0.238. The van der Waals surface area contributed by atoms with Crippen molar-refractivity contribution in [2.24, 2.45) is 5.92 Å². The molecule has 1 aliphatic carbocycles. The molecule has 4 heteroatoms. The van der Waals surface area contributed by atoms with Gasteiger partial charge in [-0.15, -0.1) is 11.3 Å². The molecule has 1 aliphatic heterocycles. The monoisotopic (exact) mass is 329 g/mol. The number of halogens is 1. The van der Waals surface area contributed by atoms with E-state index in [-0.39, 0.29) is 5.60 Å². The van der Waals surface area contributed by atoms with E-state index in [1.54, 1.807) is 0 Å². The summed E-state index contributed by atoms with van der Waals surface area (Å²) in [6, 6.07) is 2.63. The molecule has 1 saturated heterocycles. The van der Waals surface area contributed by atoms with Gasteiger partial charge in [-0.2, -0.15) is 0 Å². The fraction of sp³-hybridized carbons (Fsp3) is 0.714. The molecular weight excluding hydrogens is 310 g/mol. The Balaban J connectivity index is 1.77. The van der Waals surface area contributed by atoms with Crippen LogP contribution in [0, 0.1) is 5.92 Å². The Bertz CT molecular complexity index is 416. The highest BCUT2D eigenvalue weighted by molar-refractivity contribution is 9.10. The van der Waals surface area contributed by atoms with Crippen molar-refractivity contribution >= 4 is 27.3 Å². The summed E-state index contributed by atoms with van der Waals surface area (Å²) < 4.78 is 7.29. The van der Waals surface area contributed by atoms with Crippen LogP contribution in [-0.4, -0.2) is 19.3 Å². The first kappa shape index (κ1) is 13.1. The minimum Gasteiger partial charge on any atom is -0.375 e. The maximum absolute atomic E-state index is 6.04. The predicted molar refractivity (Wildman–Crippen MR) is 79.1 cm³/mol. The Kier molecular flexibility index (Phi) is 3.81. The molecule has 0 amide bonds. The molecule has 3 rings (SSSR count). The standard InChI is InChI=1S/C14H20BrNOS/c1-16-12(13-11(15)4-8-18-13)10-3-7-17-14(9-10)5-2-6-14/h4,8,10,12,16H,2-3,5-7,9H2,1H3. The third-order valence-electron chi connectivity index (χ3n) is 4.51. The molecule has 18 heavy (non-hydrogen) atoms. The van der Waals surface area contributed by atoms with Crippen LogP contribution in [-0.2, 0) is 4.74 Å². The van der Waals surface area contributed by atoms with Gasteiger partial charge in [0.25, 0.3) is 0 Å². The van der Waals surface area contributed by atoms with E-state index >= 15 is 0 Å². The molecule has 2 atom stereocenters. The maximum atomic E-state index is 6.04. The van der Waals surface area contributed by atoms with Crippen LogP contribution in [0.2, 0.25) is 0 Å². The van der Waals surface area contributed by atoms with Crippen molar-refractivity contribution in [1.82, 2.24) is 5.32 Å². The largest absolute Gasteiger partial charge is 0.375 e. The van der Waals surface area contributed by atoms with Crippen LogP contribution in [0.25, 0.3) is 0 Å². The van der Waals surface area contributed by atoms with Crippen molar-refractivity contribution in [1.29, 1.82) is 0 Å². The van der Waals surface area contributed by atoms with Crippen molar-refractivity contribution in [3.05, 3.63) is 20.8 Å². The van der Waals surface area contributed by atoms with E-state index in [4.69, 9.17) is 4.74 Å². The second kappa shape index (κ2) is 5.23. The summed E-state index contributed by atoms with van der Waals surface area (Å²) in [6.07, 6.45) is 6.29. The number of rotatable bonds is 3. The lowest BCUT2D eigenvalue weighted by molar-refractivity contribution is -0.147. The van der Waals surface area contributed by atoms with Crippen molar-refractivity contribution in [2.75, 3.05) is 13.7 Å². The number of nitrogens with one attached hydrogen (secondary N) is 1. The smallest absolute Gasteiger partial charge is 0.0686 e. The van der Waals surface area contributed by atoms with E-state index in [0.29, 0.717) is 12.0 Å². The third-order valence-corrected chi connectivity index (χ3v) is 6.46. The fourth-order valence-electron chi connectivity index (χ4n) is 3.38. The summed E-state index contributed by atoms with van der Waals surface area (Å²) >= 11 is 5.52. The molecule has 2 heterocycles. The number of thiophene rings is 1. The lowest BCUT2D eigenvalue weighted by Gasteiger charge is -2.48. The highest BCUT2D eigenvalue weighted by Crippen LogP contribution is 2.48. The lowest BCUT2D eigenvalue weighted by Crippen LogP contribution is -2.47. The Hall–Kier alpha value is 0.1000. The zero-order valence-corrected chi connectivity index (χ0v) is 13.1. The molecular formula is C14H20BrNOS. The van der Waals surface area contributed by atoms with Gasteiger partial charge in [0.2, 0.25) is 0 Å². The van der Waals surface area contributed by atoms with Crippen LogP contribution < -0.4 is 5.32 Å². The van der Waals surface area contributed by atoms with Crippen molar-refractivity contribution in [2.45, 2.75) is 43.7 Å². The van der Waals surface area contributed by atoms with Crippen molar-refractivity contribution in [3.63, 3.8) is 0 Å². The first-order chi connectivity index (χ1) is 8.74. The van der Waals surface area contributed by atoms with E-state index in [1.165, 1.54) is 41.5 Å². The second-order valence-electron chi connectivity index (χ2n) is 5.54. The van der Waals surface area contributed by atoms with Gasteiger partial charge in [0.05, 0.1) is 5.60 Å². The molecule has 0 radical (unpaired) electrons.